The third-order valence-corrected chi connectivity index (χ3v) is 3.85. The van der Waals surface area contributed by atoms with Crippen LogP contribution in [0.5, 0.6) is 11.5 Å². The molecule has 0 heterocycles. The molecule has 0 aliphatic heterocycles. The van der Waals surface area contributed by atoms with Gasteiger partial charge in [0.1, 0.15) is 0 Å². The molecule has 148 valence electrons. The second kappa shape index (κ2) is 10.1. The number of ether oxygens (including phenoxy) is 3. The number of ketones is 1. The first-order chi connectivity index (χ1) is 13.5. The molecule has 28 heavy (non-hydrogen) atoms. The van der Waals surface area contributed by atoms with E-state index in [2.05, 4.69) is 5.32 Å². The van der Waals surface area contributed by atoms with Gasteiger partial charge in [0.25, 0.3) is 0 Å². The van der Waals surface area contributed by atoms with Crippen molar-refractivity contribution in [2.24, 2.45) is 0 Å². The molecule has 2 aromatic carbocycles. The lowest BCUT2D eigenvalue weighted by molar-refractivity contribution is -0.115. The Morgan fingerprint density at radius 2 is 1.61 bits per heavy atom. The van der Waals surface area contributed by atoms with Crippen LogP contribution in [0.3, 0.4) is 0 Å². The van der Waals surface area contributed by atoms with Gasteiger partial charge in [-0.15, -0.1) is 0 Å². The van der Waals surface area contributed by atoms with Crippen LogP contribution in [0, 0.1) is 0 Å². The fourth-order valence-corrected chi connectivity index (χ4v) is 2.36. The molecule has 2 aromatic rings. The summed E-state index contributed by atoms with van der Waals surface area (Å²) in [6.07, 6.45) is 0.368. The van der Waals surface area contributed by atoms with Crippen LogP contribution in [0.1, 0.15) is 41.0 Å². The average molecular weight is 385 g/mol. The fraction of sp³-hybridized carbons (Fsp3) is 0.286. The van der Waals surface area contributed by atoms with E-state index in [1.54, 1.807) is 43.3 Å². The highest BCUT2D eigenvalue weighted by molar-refractivity contribution is 6.00. The van der Waals surface area contributed by atoms with Crippen molar-refractivity contribution in [3.63, 3.8) is 0 Å². The van der Waals surface area contributed by atoms with Crippen molar-refractivity contribution >= 4 is 23.3 Å². The van der Waals surface area contributed by atoms with E-state index in [1.807, 2.05) is 6.92 Å². The summed E-state index contributed by atoms with van der Waals surface area (Å²) in [6, 6.07) is 11.1. The zero-order valence-corrected chi connectivity index (χ0v) is 16.1. The van der Waals surface area contributed by atoms with E-state index >= 15 is 0 Å². The van der Waals surface area contributed by atoms with Gasteiger partial charge < -0.3 is 19.5 Å². The molecule has 0 atom stereocenters. The molecule has 0 aromatic heterocycles. The molecule has 0 radical (unpaired) electrons. The summed E-state index contributed by atoms with van der Waals surface area (Å²) in [5.74, 6) is -0.167. The summed E-state index contributed by atoms with van der Waals surface area (Å²) < 4.78 is 15.7. The van der Waals surface area contributed by atoms with Gasteiger partial charge in [-0.25, -0.2) is 4.79 Å². The topological polar surface area (TPSA) is 90.9 Å². The lowest BCUT2D eigenvalue weighted by Gasteiger charge is -2.11. The van der Waals surface area contributed by atoms with E-state index in [4.69, 9.17) is 14.2 Å². The highest BCUT2D eigenvalue weighted by atomic mass is 16.5. The van der Waals surface area contributed by atoms with Crippen LogP contribution >= 0.6 is 0 Å². The minimum Gasteiger partial charge on any atom is -0.493 e. The first-order valence-corrected chi connectivity index (χ1v) is 8.89. The lowest BCUT2D eigenvalue weighted by atomic mass is 10.1. The summed E-state index contributed by atoms with van der Waals surface area (Å²) in [5, 5.41) is 2.70. The van der Waals surface area contributed by atoms with Crippen molar-refractivity contribution in [3.8, 4) is 11.5 Å². The summed E-state index contributed by atoms with van der Waals surface area (Å²) in [6.45, 7) is 3.67. The molecule has 7 heteroatoms. The van der Waals surface area contributed by atoms with Gasteiger partial charge in [-0.05, 0) is 49.4 Å². The summed E-state index contributed by atoms with van der Waals surface area (Å²) in [4.78, 5) is 35.8. The second-order valence-corrected chi connectivity index (χ2v) is 5.78. The number of anilines is 1. The molecule has 1 N–H and O–H groups in total. The maximum Gasteiger partial charge on any atom is 0.338 e. The quantitative estimate of drug-likeness (QED) is 0.525. The first kappa shape index (κ1) is 21.0. The van der Waals surface area contributed by atoms with Crippen LogP contribution in [0.25, 0.3) is 0 Å². The predicted octanol–water partition coefficient (Wildman–Crippen LogP) is 3.48. The predicted molar refractivity (Wildman–Crippen MR) is 104 cm³/mol. The highest BCUT2D eigenvalue weighted by Crippen LogP contribution is 2.28. The van der Waals surface area contributed by atoms with Crippen molar-refractivity contribution in [3.05, 3.63) is 53.6 Å². The Hall–Kier alpha value is -3.35. The van der Waals surface area contributed by atoms with E-state index in [-0.39, 0.29) is 17.3 Å². The number of nitrogens with one attached hydrogen (secondary N) is 1. The second-order valence-electron chi connectivity index (χ2n) is 5.78. The number of hydrogen-bond acceptors (Lipinski definition) is 6. The van der Waals surface area contributed by atoms with Gasteiger partial charge in [-0.3, -0.25) is 9.59 Å². The maximum absolute atomic E-state index is 12.2. The van der Waals surface area contributed by atoms with Gasteiger partial charge in [0.05, 0.1) is 19.3 Å². The molecule has 0 bridgehead atoms. The number of hydrogen-bond donors (Lipinski definition) is 1. The molecule has 0 spiro atoms. The van der Waals surface area contributed by atoms with Gasteiger partial charge in [-0.1, -0.05) is 6.92 Å². The molecule has 0 unspecified atom stereocenters. The maximum atomic E-state index is 12.2. The number of carbonyl (C=O) groups excluding carboxylic acids is 3. The van der Waals surface area contributed by atoms with Crippen LogP contribution in [0.2, 0.25) is 0 Å². The normalized spacial score (nSPS) is 10.1. The van der Waals surface area contributed by atoms with Gasteiger partial charge in [0, 0.05) is 17.7 Å². The molecule has 0 aliphatic carbocycles. The third kappa shape index (κ3) is 5.57. The number of methoxy groups -OCH3 is 1. The van der Waals surface area contributed by atoms with E-state index in [1.165, 1.54) is 13.2 Å². The summed E-state index contributed by atoms with van der Waals surface area (Å²) in [7, 11) is 1.48. The van der Waals surface area contributed by atoms with Gasteiger partial charge >= 0.3 is 5.97 Å². The number of esters is 1. The van der Waals surface area contributed by atoms with Crippen LogP contribution in [0.15, 0.2) is 42.5 Å². The Morgan fingerprint density at radius 1 is 0.929 bits per heavy atom. The fourth-order valence-electron chi connectivity index (χ4n) is 2.36. The summed E-state index contributed by atoms with van der Waals surface area (Å²) >= 11 is 0. The zero-order chi connectivity index (χ0) is 20.5. The number of carbonyl (C=O) groups is 3. The van der Waals surface area contributed by atoms with E-state index in [0.29, 0.717) is 35.8 Å². The minimum absolute atomic E-state index is 0.112. The number of Topliss-reactive ketones (excluding diaryl/α,β-unsaturated/α-hetero) is 1. The molecule has 1 amide bonds. The van der Waals surface area contributed by atoms with E-state index < -0.39 is 12.6 Å². The van der Waals surface area contributed by atoms with E-state index in [0.717, 1.165) is 0 Å². The van der Waals surface area contributed by atoms with Gasteiger partial charge in [0.15, 0.2) is 23.9 Å². The number of rotatable bonds is 9. The molecule has 0 saturated carbocycles. The van der Waals surface area contributed by atoms with Crippen LogP contribution in [-0.2, 0) is 9.53 Å². The van der Waals surface area contributed by atoms with Crippen LogP contribution < -0.4 is 14.8 Å². The standard InChI is InChI=1S/C21H23NO6/c1-4-20(24)22-16-9-6-14(7-10-16)17(23)13-28-21(25)15-8-11-18(27-5-2)19(12-15)26-3/h6-12H,4-5,13H2,1-3H3,(H,22,24). The van der Waals surface area contributed by atoms with Gasteiger partial charge in [0.2, 0.25) is 5.91 Å². The third-order valence-electron chi connectivity index (χ3n) is 3.85. The van der Waals surface area contributed by atoms with E-state index in [9.17, 15) is 14.4 Å². The van der Waals surface area contributed by atoms with Crippen LogP contribution in [0.4, 0.5) is 5.69 Å². The number of amides is 1. The largest absolute Gasteiger partial charge is 0.493 e. The van der Waals surface area contributed by atoms with Crippen LogP contribution in [-0.4, -0.2) is 38.0 Å². The van der Waals surface area contributed by atoms with Crippen molar-refractivity contribution in [2.45, 2.75) is 20.3 Å². The molecule has 0 aliphatic rings. The van der Waals surface area contributed by atoms with Crippen molar-refractivity contribution < 1.29 is 28.6 Å². The van der Waals surface area contributed by atoms with Gasteiger partial charge in [-0.2, -0.15) is 0 Å². The Labute approximate surface area is 163 Å². The zero-order valence-electron chi connectivity index (χ0n) is 16.1. The minimum atomic E-state index is -0.637. The Bertz CT molecular complexity index is 844. The molecule has 2 rings (SSSR count). The molecule has 0 saturated heterocycles. The van der Waals surface area contributed by atoms with Crippen molar-refractivity contribution in [2.75, 3.05) is 25.6 Å². The molecular formula is C21H23NO6. The Morgan fingerprint density at radius 3 is 2.21 bits per heavy atom. The SMILES string of the molecule is CCOc1ccc(C(=O)OCC(=O)c2ccc(NC(=O)CC)cc2)cc1OC. The smallest absolute Gasteiger partial charge is 0.338 e. The summed E-state index contributed by atoms with van der Waals surface area (Å²) in [5.41, 5.74) is 1.24. The van der Waals surface area contributed by atoms with Crippen molar-refractivity contribution in [1.82, 2.24) is 0 Å². The highest BCUT2D eigenvalue weighted by Gasteiger charge is 2.15. The Balaban J connectivity index is 1.96. The average Bonchev–Trinajstić information content (AvgIpc) is 2.72. The Kier molecular flexibility index (Phi) is 7.56. The lowest BCUT2D eigenvalue weighted by Crippen LogP contribution is -2.15. The molecule has 0 fully saturated rings. The van der Waals surface area contributed by atoms with Crippen molar-refractivity contribution in [1.29, 1.82) is 0 Å². The monoisotopic (exact) mass is 385 g/mol. The number of benzene rings is 2. The molecular weight excluding hydrogens is 362 g/mol. The first-order valence-electron chi connectivity index (χ1n) is 8.89. The molecule has 7 nitrogen and oxygen atoms in total.